The topological polar surface area (TPSA) is 73.3 Å². The minimum absolute atomic E-state index is 0.255. The van der Waals surface area contributed by atoms with E-state index in [9.17, 15) is 4.79 Å². The molecule has 8 nitrogen and oxygen atoms in total. The van der Waals surface area contributed by atoms with Crippen LogP contribution in [0, 0.1) is 0 Å². The van der Waals surface area contributed by atoms with Gasteiger partial charge in [0.25, 0.3) is 0 Å². The van der Waals surface area contributed by atoms with Crippen molar-refractivity contribution in [3.05, 3.63) is 35.7 Å². The minimum Gasteiger partial charge on any atom is -0.348 e. The Kier molecular flexibility index (Phi) is 5.54. The molecule has 0 aromatic carbocycles. The van der Waals surface area contributed by atoms with Crippen molar-refractivity contribution in [1.29, 1.82) is 0 Å². The number of amides is 1. The third-order valence-electron chi connectivity index (χ3n) is 5.52. The second-order valence-corrected chi connectivity index (χ2v) is 7.63. The van der Waals surface area contributed by atoms with E-state index in [-0.39, 0.29) is 5.91 Å². The monoisotopic (exact) mass is 371 g/mol. The van der Waals surface area contributed by atoms with Crippen molar-refractivity contribution in [2.75, 3.05) is 39.8 Å². The maximum Gasteiger partial charge on any atom is 0.223 e. The van der Waals surface area contributed by atoms with E-state index in [0.29, 0.717) is 6.42 Å². The van der Waals surface area contributed by atoms with Crippen molar-refractivity contribution in [3.63, 3.8) is 0 Å². The van der Waals surface area contributed by atoms with Gasteiger partial charge in [0.15, 0.2) is 0 Å². The molecule has 0 spiro atoms. The van der Waals surface area contributed by atoms with Gasteiger partial charge < -0.3 is 14.8 Å². The number of likely N-dealkylation sites (N-methyl/N-ethyl adjacent to an activating group) is 1. The first-order chi connectivity index (χ1) is 13.2. The van der Waals surface area contributed by atoms with E-state index in [0.717, 1.165) is 76.7 Å². The lowest BCUT2D eigenvalue weighted by molar-refractivity contribution is -0.132. The highest BCUT2D eigenvalue weighted by molar-refractivity contribution is 5.76. The Bertz CT molecular complexity index is 746. The zero-order valence-corrected chi connectivity index (χ0v) is 16.1. The van der Waals surface area contributed by atoms with Gasteiger partial charge >= 0.3 is 0 Å². The third-order valence-corrected chi connectivity index (χ3v) is 5.52. The van der Waals surface area contributed by atoms with Gasteiger partial charge in [0.1, 0.15) is 5.82 Å². The zero-order valence-electron chi connectivity index (χ0n) is 16.1. The molecular formula is C19H29N7O. The molecular weight excluding hydrogens is 342 g/mol. The zero-order chi connectivity index (χ0) is 18.6. The number of imidazole rings is 1. The Morgan fingerprint density at radius 1 is 1.19 bits per heavy atom. The summed E-state index contributed by atoms with van der Waals surface area (Å²) < 4.78 is 2.12. The van der Waals surface area contributed by atoms with Crippen LogP contribution in [0.3, 0.4) is 0 Å². The van der Waals surface area contributed by atoms with Crippen molar-refractivity contribution in [1.82, 2.24) is 34.4 Å². The maximum atomic E-state index is 12.5. The number of hydrogen-bond donors (Lipinski definition) is 1. The van der Waals surface area contributed by atoms with E-state index >= 15 is 0 Å². The Labute approximate surface area is 160 Å². The van der Waals surface area contributed by atoms with E-state index in [1.807, 2.05) is 11.1 Å². The predicted molar refractivity (Wildman–Crippen MR) is 102 cm³/mol. The van der Waals surface area contributed by atoms with E-state index in [1.54, 1.807) is 6.20 Å². The molecule has 4 heterocycles. The van der Waals surface area contributed by atoms with Crippen LogP contribution in [0.1, 0.15) is 30.1 Å². The lowest BCUT2D eigenvalue weighted by Gasteiger charge is -2.32. The summed E-state index contributed by atoms with van der Waals surface area (Å²) in [6, 6.07) is 2.18. The Morgan fingerprint density at radius 3 is 2.81 bits per heavy atom. The van der Waals surface area contributed by atoms with Crippen LogP contribution in [0.4, 0.5) is 0 Å². The quantitative estimate of drug-likeness (QED) is 0.838. The number of carbonyl (C=O) groups excluding carboxylic acids is 1. The molecule has 0 aliphatic carbocycles. The fourth-order valence-corrected chi connectivity index (χ4v) is 3.89. The SMILES string of the molecule is CN1CCN(C(=O)CCc2cc3n(n2)CCCN(Cc2ncc[nH]2)C3)CC1. The number of nitrogens with zero attached hydrogens (tertiary/aromatic N) is 6. The van der Waals surface area contributed by atoms with Gasteiger partial charge in [-0.3, -0.25) is 14.4 Å². The number of piperazine rings is 1. The van der Waals surface area contributed by atoms with E-state index in [2.05, 4.69) is 37.6 Å². The Morgan fingerprint density at radius 2 is 2.04 bits per heavy atom. The summed E-state index contributed by atoms with van der Waals surface area (Å²) in [5, 5.41) is 4.76. The first kappa shape index (κ1) is 18.2. The van der Waals surface area contributed by atoms with Gasteiger partial charge in [-0.05, 0) is 19.5 Å². The van der Waals surface area contributed by atoms with Crippen molar-refractivity contribution < 1.29 is 4.79 Å². The largest absolute Gasteiger partial charge is 0.348 e. The normalized spacial score (nSPS) is 19.1. The van der Waals surface area contributed by atoms with Gasteiger partial charge in [-0.1, -0.05) is 0 Å². The molecule has 0 bridgehead atoms. The highest BCUT2D eigenvalue weighted by Crippen LogP contribution is 2.16. The van der Waals surface area contributed by atoms with Crippen LogP contribution in [0.5, 0.6) is 0 Å². The molecule has 2 aromatic rings. The molecule has 2 aromatic heterocycles. The van der Waals surface area contributed by atoms with Gasteiger partial charge in [0.05, 0.1) is 17.9 Å². The van der Waals surface area contributed by atoms with Crippen LogP contribution in [-0.2, 0) is 30.8 Å². The summed E-state index contributed by atoms with van der Waals surface area (Å²) in [7, 11) is 2.11. The van der Waals surface area contributed by atoms with Gasteiger partial charge in [-0.15, -0.1) is 0 Å². The molecule has 1 amide bonds. The van der Waals surface area contributed by atoms with Crippen molar-refractivity contribution in [3.8, 4) is 0 Å². The Balaban J connectivity index is 1.32. The minimum atomic E-state index is 0.255. The average Bonchev–Trinajstić information content (AvgIpc) is 3.26. The predicted octanol–water partition coefficient (Wildman–Crippen LogP) is 0.719. The number of aromatic amines is 1. The molecule has 2 aliphatic heterocycles. The molecule has 1 fully saturated rings. The van der Waals surface area contributed by atoms with E-state index < -0.39 is 0 Å². The van der Waals surface area contributed by atoms with E-state index in [1.165, 1.54) is 5.69 Å². The van der Waals surface area contributed by atoms with Crippen molar-refractivity contribution in [2.45, 2.75) is 38.9 Å². The average molecular weight is 371 g/mol. The first-order valence-corrected chi connectivity index (χ1v) is 9.90. The van der Waals surface area contributed by atoms with E-state index in [4.69, 9.17) is 5.10 Å². The summed E-state index contributed by atoms with van der Waals surface area (Å²) in [4.78, 5) is 26.6. The molecule has 146 valence electrons. The number of rotatable bonds is 5. The Hall–Kier alpha value is -2.19. The molecule has 0 atom stereocenters. The van der Waals surface area contributed by atoms with Crippen LogP contribution in [-0.4, -0.2) is 80.1 Å². The number of aromatic nitrogens is 4. The second-order valence-electron chi connectivity index (χ2n) is 7.63. The lowest BCUT2D eigenvalue weighted by atomic mass is 10.2. The number of fused-ring (bicyclic) bond motifs is 1. The molecule has 0 unspecified atom stereocenters. The lowest BCUT2D eigenvalue weighted by Crippen LogP contribution is -2.47. The highest BCUT2D eigenvalue weighted by Gasteiger charge is 2.21. The highest BCUT2D eigenvalue weighted by atomic mass is 16.2. The smallest absolute Gasteiger partial charge is 0.223 e. The van der Waals surface area contributed by atoms with Gasteiger partial charge in [-0.2, -0.15) is 5.10 Å². The molecule has 27 heavy (non-hydrogen) atoms. The fourth-order valence-electron chi connectivity index (χ4n) is 3.89. The molecule has 1 N–H and O–H groups in total. The number of H-pyrrole nitrogens is 1. The third kappa shape index (κ3) is 4.56. The van der Waals surface area contributed by atoms with Crippen LogP contribution in [0.25, 0.3) is 0 Å². The summed E-state index contributed by atoms with van der Waals surface area (Å²) in [5.41, 5.74) is 2.27. The van der Waals surface area contributed by atoms with Crippen LogP contribution < -0.4 is 0 Å². The molecule has 0 radical (unpaired) electrons. The van der Waals surface area contributed by atoms with Crippen LogP contribution in [0.2, 0.25) is 0 Å². The molecule has 0 saturated carbocycles. The fraction of sp³-hybridized carbons (Fsp3) is 0.632. The molecule has 4 rings (SSSR count). The maximum absolute atomic E-state index is 12.5. The summed E-state index contributed by atoms with van der Waals surface area (Å²) >= 11 is 0. The van der Waals surface area contributed by atoms with Crippen molar-refractivity contribution in [2.24, 2.45) is 0 Å². The summed E-state index contributed by atoms with van der Waals surface area (Å²) in [6.07, 6.45) is 6.02. The number of carbonyl (C=O) groups is 1. The number of aryl methyl sites for hydroxylation is 2. The van der Waals surface area contributed by atoms with Gasteiger partial charge in [-0.25, -0.2) is 4.98 Å². The first-order valence-electron chi connectivity index (χ1n) is 9.90. The van der Waals surface area contributed by atoms with Gasteiger partial charge in [0, 0.05) is 71.0 Å². The molecule has 2 aliphatic rings. The summed E-state index contributed by atoms with van der Waals surface area (Å²) in [5.74, 6) is 1.26. The summed E-state index contributed by atoms with van der Waals surface area (Å²) in [6.45, 7) is 7.31. The van der Waals surface area contributed by atoms with Crippen LogP contribution >= 0.6 is 0 Å². The standard InChI is InChI=1S/C19H29N7O/c1-23-9-11-25(12-10-23)19(27)4-3-16-13-17-14-24(7-2-8-26(17)22-16)15-18-20-5-6-21-18/h5-6,13H,2-4,7-12,14-15H2,1H3,(H,20,21). The molecule has 1 saturated heterocycles. The van der Waals surface area contributed by atoms with Crippen molar-refractivity contribution >= 4 is 5.91 Å². The number of hydrogen-bond acceptors (Lipinski definition) is 5. The van der Waals surface area contributed by atoms with Crippen LogP contribution in [0.15, 0.2) is 18.5 Å². The second kappa shape index (κ2) is 8.22. The molecule has 8 heteroatoms. The van der Waals surface area contributed by atoms with Gasteiger partial charge in [0.2, 0.25) is 5.91 Å². The number of nitrogens with one attached hydrogen (secondary N) is 1.